The van der Waals surface area contributed by atoms with E-state index < -0.39 is 0 Å². The molecule has 0 bridgehead atoms. The van der Waals surface area contributed by atoms with Gasteiger partial charge in [-0.15, -0.1) is 0 Å². The van der Waals surface area contributed by atoms with E-state index >= 15 is 0 Å². The van der Waals surface area contributed by atoms with Crippen LogP contribution >= 0.6 is 0 Å². The molecule has 1 spiro atoms. The van der Waals surface area contributed by atoms with E-state index in [2.05, 4.69) is 266 Å². The maximum Gasteiger partial charge on any atom is 0.0725 e. The van der Waals surface area contributed by atoms with Gasteiger partial charge in [0.1, 0.15) is 0 Å². The molecule has 0 amide bonds. The van der Waals surface area contributed by atoms with Gasteiger partial charge < -0.3 is 9.47 Å². The van der Waals surface area contributed by atoms with Gasteiger partial charge in [-0.25, -0.2) is 0 Å². The number of nitrogens with zero attached hydrogens (tertiary/aromatic N) is 2. The van der Waals surface area contributed by atoms with Gasteiger partial charge in [-0.2, -0.15) is 0 Å². The third-order valence-corrected chi connectivity index (χ3v) is 16.6. The molecule has 0 saturated heterocycles. The summed E-state index contributed by atoms with van der Waals surface area (Å²) in [5.74, 6) is 0. The SMILES string of the molecule is CC1(C)c2ccccc2-c2cc3c4cc(-c5ccc(N(c6ccc(-c7ccccc7)cc6)c6ccc7c(c6)-c6ccccc6C76c7ccccc7-c7ccccc76)cc5)ccc4n(C4=CCCC=C4)c3cc21. The molecule has 0 N–H and O–H groups in total. The van der Waals surface area contributed by atoms with E-state index in [1.54, 1.807) is 0 Å². The van der Waals surface area contributed by atoms with Gasteiger partial charge in [-0.1, -0.05) is 190 Å². The van der Waals surface area contributed by atoms with Crippen molar-refractivity contribution < 1.29 is 0 Å². The molecule has 4 aliphatic carbocycles. The molecular weight excluding hydrogens is 869 g/mol. The number of aromatic nitrogens is 1. The molecule has 0 atom stereocenters. The summed E-state index contributed by atoms with van der Waals surface area (Å²) in [6.07, 6.45) is 9.18. The normalized spacial score (nSPS) is 14.9. The summed E-state index contributed by atoms with van der Waals surface area (Å²) in [5, 5.41) is 2.57. The zero-order valence-corrected chi connectivity index (χ0v) is 40.4. The summed E-state index contributed by atoms with van der Waals surface area (Å²) in [4.78, 5) is 2.44. The zero-order valence-electron chi connectivity index (χ0n) is 40.4. The Bertz CT molecular complexity index is 4060. The molecule has 0 aliphatic heterocycles. The second-order valence-electron chi connectivity index (χ2n) is 20.7. The van der Waals surface area contributed by atoms with Crippen molar-refractivity contribution in [2.45, 2.75) is 37.5 Å². The highest BCUT2D eigenvalue weighted by molar-refractivity contribution is 6.14. The van der Waals surface area contributed by atoms with E-state index in [0.29, 0.717) is 0 Å². The maximum absolute atomic E-state index is 2.51. The summed E-state index contributed by atoms with van der Waals surface area (Å²) in [6, 6.07) is 84.5. The van der Waals surface area contributed by atoms with Crippen LogP contribution in [0.15, 0.2) is 243 Å². The average molecular weight is 919 g/mol. The summed E-state index contributed by atoms with van der Waals surface area (Å²) in [5.41, 5.74) is 27.6. The molecule has 0 saturated carbocycles. The predicted octanol–water partition coefficient (Wildman–Crippen LogP) is 18.4. The molecule has 2 nitrogen and oxygen atoms in total. The number of hydrogen-bond donors (Lipinski definition) is 0. The van der Waals surface area contributed by atoms with Crippen LogP contribution in [0.4, 0.5) is 17.1 Å². The zero-order chi connectivity index (χ0) is 47.7. The molecule has 0 radical (unpaired) electrons. The summed E-state index contributed by atoms with van der Waals surface area (Å²) < 4.78 is 2.51. The van der Waals surface area contributed by atoms with Crippen LogP contribution in [-0.4, -0.2) is 4.57 Å². The monoisotopic (exact) mass is 918 g/mol. The summed E-state index contributed by atoms with van der Waals surface area (Å²) in [7, 11) is 0. The number of anilines is 3. The van der Waals surface area contributed by atoms with E-state index in [1.807, 2.05) is 0 Å². The molecule has 72 heavy (non-hydrogen) atoms. The van der Waals surface area contributed by atoms with Crippen molar-refractivity contribution in [3.8, 4) is 55.6 Å². The molecule has 4 aliphatic rings. The highest BCUT2D eigenvalue weighted by Crippen LogP contribution is 2.63. The van der Waals surface area contributed by atoms with E-state index in [9.17, 15) is 0 Å². The fourth-order valence-electron chi connectivity index (χ4n) is 13.3. The van der Waals surface area contributed by atoms with Crippen molar-refractivity contribution in [1.82, 2.24) is 4.57 Å². The highest BCUT2D eigenvalue weighted by Gasteiger charge is 2.51. The summed E-state index contributed by atoms with van der Waals surface area (Å²) in [6.45, 7) is 4.76. The van der Waals surface area contributed by atoms with Crippen molar-refractivity contribution in [3.63, 3.8) is 0 Å². The van der Waals surface area contributed by atoms with Crippen LogP contribution in [0.2, 0.25) is 0 Å². The second-order valence-corrected chi connectivity index (χ2v) is 20.7. The Hall–Kier alpha value is -8.72. The third-order valence-electron chi connectivity index (χ3n) is 16.6. The van der Waals surface area contributed by atoms with Crippen molar-refractivity contribution in [2.75, 3.05) is 4.90 Å². The Balaban J connectivity index is 0.876. The molecule has 11 aromatic rings. The van der Waals surface area contributed by atoms with Crippen LogP contribution in [0.5, 0.6) is 0 Å². The standard InChI is InChI=1S/C70H50N2/c1-69(2)61-25-13-9-23-55(61)58-43-60-59-41-48(33-40-67(59)72(68(60)44-66(58)69)49-19-7-4-8-20-49)47-31-36-51(37-32-47)71(50-34-29-46(30-35-50)45-17-5-3-6-18-45)52-38-39-65-57(42-52)56-24-12-16-28-64(56)70(65)62-26-14-10-21-53(62)54-22-11-15-27-63(54)70/h3,5-7,9-44H,4,8H2,1-2H3. The van der Waals surface area contributed by atoms with E-state index in [-0.39, 0.29) is 10.8 Å². The quantitative estimate of drug-likeness (QED) is 0.161. The third kappa shape index (κ3) is 5.72. The highest BCUT2D eigenvalue weighted by atomic mass is 15.1. The van der Waals surface area contributed by atoms with Gasteiger partial charge >= 0.3 is 0 Å². The topological polar surface area (TPSA) is 8.17 Å². The minimum absolute atomic E-state index is 0.0796. The van der Waals surface area contributed by atoms with Crippen molar-refractivity contribution in [2.24, 2.45) is 0 Å². The van der Waals surface area contributed by atoms with Crippen LogP contribution in [0.25, 0.3) is 83.1 Å². The largest absolute Gasteiger partial charge is 0.310 e. The minimum atomic E-state index is -0.389. The first kappa shape index (κ1) is 41.1. The number of allylic oxidation sites excluding steroid dienone is 4. The van der Waals surface area contributed by atoms with Gasteiger partial charge in [0.05, 0.1) is 16.4 Å². The van der Waals surface area contributed by atoms with E-state index in [4.69, 9.17) is 0 Å². The Morgan fingerprint density at radius 2 is 0.847 bits per heavy atom. The van der Waals surface area contributed by atoms with Crippen molar-refractivity contribution in [1.29, 1.82) is 0 Å². The minimum Gasteiger partial charge on any atom is -0.310 e. The van der Waals surface area contributed by atoms with Crippen LogP contribution in [-0.2, 0) is 10.8 Å². The van der Waals surface area contributed by atoms with E-state index in [1.165, 1.54) is 117 Å². The molecule has 2 heteroatoms. The van der Waals surface area contributed by atoms with Crippen LogP contribution < -0.4 is 4.90 Å². The number of hydrogen-bond acceptors (Lipinski definition) is 1. The Labute approximate surface area is 421 Å². The molecule has 0 unspecified atom stereocenters. The molecule has 340 valence electrons. The lowest BCUT2D eigenvalue weighted by molar-refractivity contribution is 0.661. The fourth-order valence-corrected chi connectivity index (χ4v) is 13.3. The predicted molar refractivity (Wildman–Crippen MR) is 302 cm³/mol. The summed E-state index contributed by atoms with van der Waals surface area (Å²) >= 11 is 0. The lowest BCUT2D eigenvalue weighted by Gasteiger charge is -2.31. The van der Waals surface area contributed by atoms with Gasteiger partial charge in [0.2, 0.25) is 0 Å². The van der Waals surface area contributed by atoms with Crippen molar-refractivity contribution in [3.05, 3.63) is 276 Å². The second kappa shape index (κ2) is 15.4. The number of rotatable bonds is 6. The molecule has 1 aromatic heterocycles. The lowest BCUT2D eigenvalue weighted by atomic mass is 9.70. The van der Waals surface area contributed by atoms with Gasteiger partial charge in [0.15, 0.2) is 0 Å². The average Bonchev–Trinajstić information content (AvgIpc) is 4.11. The van der Waals surface area contributed by atoms with Crippen LogP contribution in [0.1, 0.15) is 60.1 Å². The first-order valence-electron chi connectivity index (χ1n) is 25.6. The van der Waals surface area contributed by atoms with Gasteiger partial charge in [0, 0.05) is 38.9 Å². The van der Waals surface area contributed by atoms with Crippen molar-refractivity contribution >= 4 is 44.6 Å². The Morgan fingerprint density at radius 3 is 1.47 bits per heavy atom. The maximum atomic E-state index is 2.51. The molecule has 0 fully saturated rings. The van der Waals surface area contributed by atoms with Gasteiger partial charge in [0.25, 0.3) is 0 Å². The first-order chi connectivity index (χ1) is 35.5. The smallest absolute Gasteiger partial charge is 0.0725 e. The Morgan fingerprint density at radius 1 is 0.361 bits per heavy atom. The van der Waals surface area contributed by atoms with Gasteiger partial charge in [-0.3, -0.25) is 0 Å². The lowest BCUT2D eigenvalue weighted by Crippen LogP contribution is -2.25. The van der Waals surface area contributed by atoms with Crippen LogP contribution in [0.3, 0.4) is 0 Å². The van der Waals surface area contributed by atoms with E-state index in [0.717, 1.165) is 29.9 Å². The van der Waals surface area contributed by atoms with Gasteiger partial charge in [-0.05, 0) is 169 Å². The molecule has 15 rings (SSSR count). The first-order valence-corrected chi connectivity index (χ1v) is 25.6. The fraction of sp³-hybridized carbons (Fsp3) is 0.0857. The van der Waals surface area contributed by atoms with Crippen LogP contribution in [0, 0.1) is 0 Å². The molecule has 10 aromatic carbocycles. The number of fused-ring (bicyclic) bond motifs is 16. The number of benzene rings is 10. The molecule has 1 heterocycles. The Kier molecular flexibility index (Phi) is 8.78. The molecular formula is C70H50N2.